The van der Waals surface area contributed by atoms with E-state index in [1.807, 2.05) is 12.1 Å². The van der Waals surface area contributed by atoms with E-state index in [2.05, 4.69) is 22.5 Å². The Morgan fingerprint density at radius 3 is 2.08 bits per heavy atom. The number of methoxy groups -OCH3 is 3. The maximum Gasteiger partial charge on any atom is 0.203 e. The van der Waals surface area contributed by atoms with Gasteiger partial charge in [0.1, 0.15) is 0 Å². The van der Waals surface area contributed by atoms with Crippen molar-refractivity contribution >= 4 is 29.9 Å². The van der Waals surface area contributed by atoms with Gasteiger partial charge < -0.3 is 24.8 Å². The molecule has 1 aromatic carbocycles. The van der Waals surface area contributed by atoms with Gasteiger partial charge in [0, 0.05) is 20.1 Å². The summed E-state index contributed by atoms with van der Waals surface area (Å²) in [5, 5.41) is 6.63. The molecule has 0 unspecified atom stereocenters. The molecule has 1 rings (SSSR count). The zero-order valence-electron chi connectivity index (χ0n) is 16.0. The Hall–Kier alpha value is -1.38. The quantitative estimate of drug-likeness (QED) is 0.240. The second-order valence-electron chi connectivity index (χ2n) is 5.45. The minimum absolute atomic E-state index is 0. The summed E-state index contributed by atoms with van der Waals surface area (Å²) < 4.78 is 16.1. The van der Waals surface area contributed by atoms with Crippen LogP contribution >= 0.6 is 24.0 Å². The number of halogens is 1. The van der Waals surface area contributed by atoms with E-state index in [9.17, 15) is 0 Å². The average Bonchev–Trinajstić information content (AvgIpc) is 2.62. The Balaban J connectivity index is 0.00000576. The van der Waals surface area contributed by atoms with E-state index < -0.39 is 0 Å². The Morgan fingerprint density at radius 1 is 0.960 bits per heavy atom. The number of benzene rings is 1. The van der Waals surface area contributed by atoms with Crippen LogP contribution < -0.4 is 24.8 Å². The standard InChI is InChI=1S/C18H31N3O3.HI/c1-6-7-8-9-10-20-18(19-2)21-13-14-11-15(22-3)17(24-5)16(12-14)23-4;/h11-12H,6-10,13H2,1-5H3,(H2,19,20,21);1H. The van der Waals surface area contributed by atoms with Crippen molar-refractivity contribution in [3.8, 4) is 17.2 Å². The van der Waals surface area contributed by atoms with Gasteiger partial charge in [-0.3, -0.25) is 4.99 Å². The Morgan fingerprint density at radius 2 is 1.60 bits per heavy atom. The van der Waals surface area contributed by atoms with Crippen molar-refractivity contribution in [2.24, 2.45) is 4.99 Å². The third-order valence-corrected chi connectivity index (χ3v) is 3.73. The molecular weight excluding hydrogens is 433 g/mol. The van der Waals surface area contributed by atoms with Crippen LogP contribution in [0.2, 0.25) is 0 Å². The molecule has 7 heteroatoms. The molecule has 0 aromatic heterocycles. The fraction of sp³-hybridized carbons (Fsp3) is 0.611. The largest absolute Gasteiger partial charge is 0.493 e. The highest BCUT2D eigenvalue weighted by Crippen LogP contribution is 2.38. The lowest BCUT2D eigenvalue weighted by Gasteiger charge is -2.16. The maximum absolute atomic E-state index is 5.38. The predicted octanol–water partition coefficient (Wildman–Crippen LogP) is 3.58. The SMILES string of the molecule is CCCCCCNC(=NC)NCc1cc(OC)c(OC)c(OC)c1.I. The summed E-state index contributed by atoms with van der Waals surface area (Å²) in [5.41, 5.74) is 1.03. The third kappa shape index (κ3) is 8.02. The van der Waals surface area contributed by atoms with Crippen molar-refractivity contribution in [3.05, 3.63) is 17.7 Å². The van der Waals surface area contributed by atoms with E-state index >= 15 is 0 Å². The topological polar surface area (TPSA) is 64.1 Å². The minimum atomic E-state index is 0. The van der Waals surface area contributed by atoms with Crippen LogP contribution in [0, 0.1) is 0 Å². The smallest absolute Gasteiger partial charge is 0.203 e. The molecule has 0 saturated carbocycles. The molecule has 0 saturated heterocycles. The number of guanidine groups is 1. The molecule has 0 aliphatic carbocycles. The summed E-state index contributed by atoms with van der Waals surface area (Å²) in [6, 6.07) is 3.87. The minimum Gasteiger partial charge on any atom is -0.493 e. The number of rotatable bonds is 10. The van der Waals surface area contributed by atoms with E-state index in [-0.39, 0.29) is 24.0 Å². The van der Waals surface area contributed by atoms with Gasteiger partial charge in [-0.05, 0) is 24.1 Å². The summed E-state index contributed by atoms with van der Waals surface area (Å²) in [5.74, 6) is 2.69. The molecule has 0 aliphatic rings. The highest BCUT2D eigenvalue weighted by atomic mass is 127. The number of nitrogens with zero attached hydrogens (tertiary/aromatic N) is 1. The lowest BCUT2D eigenvalue weighted by atomic mass is 10.2. The lowest BCUT2D eigenvalue weighted by molar-refractivity contribution is 0.323. The number of nitrogens with one attached hydrogen (secondary N) is 2. The highest BCUT2D eigenvalue weighted by Gasteiger charge is 2.13. The number of hydrogen-bond acceptors (Lipinski definition) is 4. The molecule has 0 amide bonds. The molecule has 2 N–H and O–H groups in total. The maximum atomic E-state index is 5.38. The zero-order valence-corrected chi connectivity index (χ0v) is 18.3. The summed E-state index contributed by atoms with van der Waals surface area (Å²) in [6.45, 7) is 3.76. The van der Waals surface area contributed by atoms with Crippen LogP contribution in [0.3, 0.4) is 0 Å². The first-order valence-electron chi connectivity index (χ1n) is 8.43. The molecule has 6 nitrogen and oxygen atoms in total. The number of aliphatic imine (C=N–C) groups is 1. The lowest BCUT2D eigenvalue weighted by Crippen LogP contribution is -2.37. The van der Waals surface area contributed by atoms with Crippen LogP contribution in [0.15, 0.2) is 17.1 Å². The molecular formula is C18H32IN3O3. The van der Waals surface area contributed by atoms with Crippen molar-refractivity contribution in [3.63, 3.8) is 0 Å². The highest BCUT2D eigenvalue weighted by molar-refractivity contribution is 14.0. The first kappa shape index (κ1) is 23.6. The van der Waals surface area contributed by atoms with Gasteiger partial charge in [0.05, 0.1) is 21.3 Å². The van der Waals surface area contributed by atoms with Crippen LogP contribution in [0.4, 0.5) is 0 Å². The zero-order chi connectivity index (χ0) is 17.8. The van der Waals surface area contributed by atoms with Gasteiger partial charge in [0.15, 0.2) is 17.5 Å². The van der Waals surface area contributed by atoms with Gasteiger partial charge in [-0.15, -0.1) is 24.0 Å². The number of ether oxygens (including phenoxy) is 3. The van der Waals surface area contributed by atoms with E-state index in [4.69, 9.17) is 14.2 Å². The Bertz CT molecular complexity index is 499. The van der Waals surface area contributed by atoms with Gasteiger partial charge >= 0.3 is 0 Å². The van der Waals surface area contributed by atoms with Gasteiger partial charge in [-0.2, -0.15) is 0 Å². The molecule has 0 radical (unpaired) electrons. The Labute approximate surface area is 168 Å². The van der Waals surface area contributed by atoms with Crippen molar-refractivity contribution < 1.29 is 14.2 Å². The van der Waals surface area contributed by atoms with E-state index in [1.54, 1.807) is 28.4 Å². The fourth-order valence-electron chi connectivity index (χ4n) is 2.40. The summed E-state index contributed by atoms with van der Waals surface area (Å²) in [7, 11) is 6.61. The average molecular weight is 465 g/mol. The van der Waals surface area contributed by atoms with Crippen LogP contribution in [0.5, 0.6) is 17.2 Å². The van der Waals surface area contributed by atoms with Crippen molar-refractivity contribution in [2.75, 3.05) is 34.9 Å². The molecule has 1 aromatic rings. The normalized spacial score (nSPS) is 10.7. The number of unbranched alkanes of at least 4 members (excludes halogenated alkanes) is 3. The predicted molar refractivity (Wildman–Crippen MR) is 114 cm³/mol. The molecule has 0 spiro atoms. The molecule has 0 heterocycles. The summed E-state index contributed by atoms with van der Waals surface area (Å²) in [4.78, 5) is 4.25. The van der Waals surface area contributed by atoms with Gasteiger partial charge in [0.25, 0.3) is 0 Å². The molecule has 0 bridgehead atoms. The second kappa shape index (κ2) is 13.9. The molecule has 0 fully saturated rings. The third-order valence-electron chi connectivity index (χ3n) is 3.73. The van der Waals surface area contributed by atoms with Gasteiger partial charge in [-0.25, -0.2) is 0 Å². The van der Waals surface area contributed by atoms with Crippen molar-refractivity contribution in [1.29, 1.82) is 0 Å². The molecule has 25 heavy (non-hydrogen) atoms. The van der Waals surface area contributed by atoms with Gasteiger partial charge in [-0.1, -0.05) is 26.2 Å². The first-order valence-corrected chi connectivity index (χ1v) is 8.43. The summed E-state index contributed by atoms with van der Waals surface area (Å²) in [6.07, 6.45) is 4.92. The van der Waals surface area contributed by atoms with Crippen molar-refractivity contribution in [1.82, 2.24) is 10.6 Å². The monoisotopic (exact) mass is 465 g/mol. The molecule has 144 valence electrons. The van der Waals surface area contributed by atoms with E-state index in [0.29, 0.717) is 23.8 Å². The molecule has 0 aliphatic heterocycles. The van der Waals surface area contributed by atoms with E-state index in [0.717, 1.165) is 24.5 Å². The van der Waals surface area contributed by atoms with Crippen LogP contribution in [-0.2, 0) is 6.54 Å². The Kier molecular flexibility index (Phi) is 13.1. The van der Waals surface area contributed by atoms with Crippen molar-refractivity contribution in [2.45, 2.75) is 39.2 Å². The van der Waals surface area contributed by atoms with E-state index in [1.165, 1.54) is 19.3 Å². The summed E-state index contributed by atoms with van der Waals surface area (Å²) >= 11 is 0. The fourth-order valence-corrected chi connectivity index (χ4v) is 2.40. The van der Waals surface area contributed by atoms with Crippen LogP contribution in [0.1, 0.15) is 38.2 Å². The van der Waals surface area contributed by atoms with Crippen LogP contribution in [0.25, 0.3) is 0 Å². The molecule has 0 atom stereocenters. The second-order valence-corrected chi connectivity index (χ2v) is 5.45. The van der Waals surface area contributed by atoms with Crippen LogP contribution in [-0.4, -0.2) is 40.9 Å². The number of hydrogen-bond donors (Lipinski definition) is 2. The first-order chi connectivity index (χ1) is 11.7. The van der Waals surface area contributed by atoms with Gasteiger partial charge in [0.2, 0.25) is 5.75 Å².